The van der Waals surface area contributed by atoms with Gasteiger partial charge in [0.25, 0.3) is 11.6 Å². The molecule has 1 N–H and O–H groups in total. The summed E-state index contributed by atoms with van der Waals surface area (Å²) in [6.07, 6.45) is 1.42. The highest BCUT2D eigenvalue weighted by Crippen LogP contribution is 2.10. The molecule has 2 rings (SSSR count). The first kappa shape index (κ1) is 13.4. The molecule has 0 bridgehead atoms. The number of hydrogen-bond donors (Lipinski definition) is 1. The molecular weight excluding hydrogens is 258 g/mol. The van der Waals surface area contributed by atoms with E-state index in [4.69, 9.17) is 0 Å². The van der Waals surface area contributed by atoms with Crippen LogP contribution in [0.25, 0.3) is 0 Å². The van der Waals surface area contributed by atoms with Crippen LogP contribution in [-0.4, -0.2) is 17.0 Å². The van der Waals surface area contributed by atoms with E-state index in [1.807, 2.05) is 6.07 Å². The summed E-state index contributed by atoms with van der Waals surface area (Å²) in [5.41, 5.74) is 3.56. The molecule has 0 radical (unpaired) electrons. The van der Waals surface area contributed by atoms with Crippen LogP contribution in [0, 0.1) is 10.1 Å². The summed E-state index contributed by atoms with van der Waals surface area (Å²) < 4.78 is 0. The number of hydrazone groups is 1. The van der Waals surface area contributed by atoms with Crippen molar-refractivity contribution in [3.05, 3.63) is 75.8 Å². The van der Waals surface area contributed by atoms with E-state index in [1.165, 1.54) is 18.3 Å². The van der Waals surface area contributed by atoms with Crippen LogP contribution in [-0.2, 0) is 0 Å². The van der Waals surface area contributed by atoms with Gasteiger partial charge in [-0.1, -0.05) is 18.2 Å². The minimum Gasteiger partial charge on any atom is -0.267 e. The summed E-state index contributed by atoms with van der Waals surface area (Å²) in [5, 5.41) is 14.3. The van der Waals surface area contributed by atoms with Crippen LogP contribution in [0.2, 0.25) is 0 Å². The van der Waals surface area contributed by atoms with Crippen molar-refractivity contribution in [2.45, 2.75) is 0 Å². The average Bonchev–Trinajstić information content (AvgIpc) is 2.48. The van der Waals surface area contributed by atoms with Crippen molar-refractivity contribution in [3.63, 3.8) is 0 Å². The molecule has 20 heavy (non-hydrogen) atoms. The summed E-state index contributed by atoms with van der Waals surface area (Å²) >= 11 is 0. The standard InChI is InChI=1S/C14H11N3O3/c18-14(12-4-2-1-3-5-12)16-15-10-11-6-8-13(9-7-11)17(19)20/h1-10H,(H,16,18)/b15-10-. The number of nitrogens with zero attached hydrogens (tertiary/aromatic N) is 2. The van der Waals surface area contributed by atoms with Crippen molar-refractivity contribution in [2.24, 2.45) is 5.10 Å². The molecule has 0 fully saturated rings. The molecule has 0 saturated heterocycles. The summed E-state index contributed by atoms with van der Waals surface area (Å²) in [5.74, 6) is -0.316. The maximum absolute atomic E-state index is 11.7. The van der Waals surface area contributed by atoms with Crippen LogP contribution in [0.1, 0.15) is 15.9 Å². The SMILES string of the molecule is O=C(N/N=C\c1ccc([N+](=O)[O-])cc1)c1ccccc1. The van der Waals surface area contributed by atoms with Gasteiger partial charge in [-0.2, -0.15) is 5.10 Å². The maximum Gasteiger partial charge on any atom is 0.271 e. The van der Waals surface area contributed by atoms with Gasteiger partial charge in [-0.05, 0) is 29.8 Å². The lowest BCUT2D eigenvalue weighted by Crippen LogP contribution is -2.17. The van der Waals surface area contributed by atoms with Gasteiger partial charge in [0.05, 0.1) is 11.1 Å². The summed E-state index contributed by atoms with van der Waals surface area (Å²) in [7, 11) is 0. The Balaban J connectivity index is 1.96. The van der Waals surface area contributed by atoms with Gasteiger partial charge >= 0.3 is 0 Å². The average molecular weight is 269 g/mol. The zero-order valence-corrected chi connectivity index (χ0v) is 10.4. The van der Waals surface area contributed by atoms with Crippen LogP contribution in [0.5, 0.6) is 0 Å². The Labute approximate surface area is 114 Å². The molecule has 2 aromatic rings. The Morgan fingerprint density at radius 1 is 1.10 bits per heavy atom. The zero-order valence-electron chi connectivity index (χ0n) is 10.4. The van der Waals surface area contributed by atoms with Crippen LogP contribution in [0.4, 0.5) is 5.69 Å². The number of amides is 1. The van der Waals surface area contributed by atoms with Crippen molar-refractivity contribution in [3.8, 4) is 0 Å². The van der Waals surface area contributed by atoms with Gasteiger partial charge in [-0.15, -0.1) is 0 Å². The zero-order chi connectivity index (χ0) is 14.4. The third-order valence-corrected chi connectivity index (χ3v) is 2.52. The number of nitrogens with one attached hydrogen (secondary N) is 1. The van der Waals surface area contributed by atoms with E-state index in [-0.39, 0.29) is 11.6 Å². The maximum atomic E-state index is 11.7. The smallest absolute Gasteiger partial charge is 0.267 e. The topological polar surface area (TPSA) is 84.6 Å². The van der Waals surface area contributed by atoms with Gasteiger partial charge in [0.2, 0.25) is 0 Å². The van der Waals surface area contributed by atoms with Gasteiger partial charge in [0.15, 0.2) is 0 Å². The molecule has 0 unspecified atom stereocenters. The van der Waals surface area contributed by atoms with Crippen molar-refractivity contribution < 1.29 is 9.72 Å². The predicted octanol–water partition coefficient (Wildman–Crippen LogP) is 2.36. The Morgan fingerprint density at radius 3 is 2.35 bits per heavy atom. The van der Waals surface area contributed by atoms with Crippen LogP contribution < -0.4 is 5.43 Å². The number of nitro groups is 1. The molecule has 0 saturated carbocycles. The van der Waals surface area contributed by atoms with Crippen molar-refractivity contribution in [2.75, 3.05) is 0 Å². The molecule has 6 nitrogen and oxygen atoms in total. The van der Waals surface area contributed by atoms with E-state index >= 15 is 0 Å². The van der Waals surface area contributed by atoms with E-state index in [9.17, 15) is 14.9 Å². The Morgan fingerprint density at radius 2 is 1.75 bits per heavy atom. The highest BCUT2D eigenvalue weighted by Gasteiger charge is 2.03. The fourth-order valence-corrected chi connectivity index (χ4v) is 1.50. The second-order valence-electron chi connectivity index (χ2n) is 3.91. The summed E-state index contributed by atoms with van der Waals surface area (Å²) in [4.78, 5) is 21.7. The van der Waals surface area contributed by atoms with E-state index in [0.717, 1.165) is 0 Å². The number of carbonyl (C=O) groups excluding carboxylic acids is 1. The van der Waals surface area contributed by atoms with E-state index < -0.39 is 4.92 Å². The molecule has 0 heterocycles. The minimum absolute atomic E-state index is 0.00970. The highest BCUT2D eigenvalue weighted by atomic mass is 16.6. The Kier molecular flexibility index (Phi) is 4.18. The molecule has 2 aromatic carbocycles. The van der Waals surface area contributed by atoms with Crippen molar-refractivity contribution in [1.29, 1.82) is 0 Å². The van der Waals surface area contributed by atoms with Crippen LogP contribution in [0.15, 0.2) is 59.7 Å². The second-order valence-corrected chi connectivity index (χ2v) is 3.91. The predicted molar refractivity (Wildman–Crippen MR) is 74.6 cm³/mol. The minimum atomic E-state index is -0.474. The van der Waals surface area contributed by atoms with Crippen molar-refractivity contribution in [1.82, 2.24) is 5.43 Å². The van der Waals surface area contributed by atoms with Crippen molar-refractivity contribution >= 4 is 17.8 Å². The third-order valence-electron chi connectivity index (χ3n) is 2.52. The fourth-order valence-electron chi connectivity index (χ4n) is 1.50. The lowest BCUT2D eigenvalue weighted by atomic mass is 10.2. The van der Waals surface area contributed by atoms with Gasteiger partial charge in [0.1, 0.15) is 0 Å². The highest BCUT2D eigenvalue weighted by molar-refractivity contribution is 5.94. The number of non-ortho nitro benzene ring substituents is 1. The number of hydrogen-bond acceptors (Lipinski definition) is 4. The van der Waals surface area contributed by atoms with E-state index in [1.54, 1.807) is 36.4 Å². The third kappa shape index (κ3) is 3.49. The summed E-state index contributed by atoms with van der Waals surface area (Å²) in [6.45, 7) is 0. The van der Waals surface area contributed by atoms with Gasteiger partial charge in [0, 0.05) is 17.7 Å². The first-order valence-electron chi connectivity index (χ1n) is 5.80. The van der Waals surface area contributed by atoms with E-state index in [2.05, 4.69) is 10.5 Å². The van der Waals surface area contributed by atoms with Gasteiger partial charge in [-0.25, -0.2) is 5.43 Å². The molecule has 0 aliphatic rings. The van der Waals surface area contributed by atoms with Crippen LogP contribution in [0.3, 0.4) is 0 Å². The van der Waals surface area contributed by atoms with Crippen LogP contribution >= 0.6 is 0 Å². The molecule has 0 aliphatic carbocycles. The van der Waals surface area contributed by atoms with Gasteiger partial charge in [-0.3, -0.25) is 14.9 Å². The second kappa shape index (κ2) is 6.24. The monoisotopic (exact) mass is 269 g/mol. The van der Waals surface area contributed by atoms with Gasteiger partial charge < -0.3 is 0 Å². The molecule has 0 aliphatic heterocycles. The molecule has 0 spiro atoms. The fraction of sp³-hybridized carbons (Fsp3) is 0. The number of carbonyl (C=O) groups is 1. The number of benzene rings is 2. The van der Waals surface area contributed by atoms with E-state index in [0.29, 0.717) is 11.1 Å². The molecular formula is C14H11N3O3. The molecule has 0 atom stereocenters. The molecule has 1 amide bonds. The number of rotatable bonds is 4. The lowest BCUT2D eigenvalue weighted by molar-refractivity contribution is -0.384. The Bertz CT molecular complexity index is 636. The molecule has 6 heteroatoms. The first-order chi connectivity index (χ1) is 9.66. The lowest BCUT2D eigenvalue weighted by Gasteiger charge is -1.98. The Hall–Kier alpha value is -3.02. The normalized spacial score (nSPS) is 10.4. The first-order valence-corrected chi connectivity index (χ1v) is 5.80. The molecule has 0 aromatic heterocycles. The largest absolute Gasteiger partial charge is 0.271 e. The molecule has 100 valence electrons. The number of nitro benzene ring substituents is 1. The summed E-state index contributed by atoms with van der Waals surface area (Å²) in [6, 6.07) is 14.5. The quantitative estimate of drug-likeness (QED) is 0.525.